The molecule has 0 aliphatic carbocycles. The lowest BCUT2D eigenvalue weighted by Gasteiger charge is -2.48. The van der Waals surface area contributed by atoms with Gasteiger partial charge in [-0.2, -0.15) is 0 Å². The maximum absolute atomic E-state index is 13.4. The number of allylic oxidation sites excluding steroid dienone is 3. The summed E-state index contributed by atoms with van der Waals surface area (Å²) in [5.74, 6) is -0.279. The van der Waals surface area contributed by atoms with Gasteiger partial charge < -0.3 is 89.9 Å². The number of nitrogens with one attached hydrogen (secondary N) is 1. The summed E-state index contributed by atoms with van der Waals surface area (Å²) in [6.45, 7) is 1.75. The average Bonchev–Trinajstić information content (AvgIpc) is 0.787. The van der Waals surface area contributed by atoms with Crippen molar-refractivity contribution in [3.8, 4) is 0 Å². The van der Waals surface area contributed by atoms with Crippen LogP contribution in [-0.2, 0) is 33.2 Å². The molecule has 0 saturated carbocycles. The van der Waals surface area contributed by atoms with Crippen LogP contribution >= 0.6 is 0 Å². The Labute approximate surface area is 568 Å². The Hall–Kier alpha value is -1.73. The highest BCUT2D eigenvalue weighted by atomic mass is 16.8. The van der Waals surface area contributed by atoms with Crippen molar-refractivity contribution in [2.75, 3.05) is 26.4 Å². The first-order chi connectivity index (χ1) is 45.8. The number of carbonyl (C=O) groups excluding carboxylic acids is 1. The molecule has 3 aliphatic heterocycles. The largest absolute Gasteiger partial charge is 0.394 e. The molecule has 554 valence electrons. The third-order valence-corrected chi connectivity index (χ3v) is 19.5. The van der Waals surface area contributed by atoms with Gasteiger partial charge in [0.15, 0.2) is 18.9 Å². The number of unbranched alkanes of at least 4 members (excludes halogenated alkanes) is 43. The van der Waals surface area contributed by atoms with Gasteiger partial charge in [-0.3, -0.25) is 4.79 Å². The van der Waals surface area contributed by atoms with Gasteiger partial charge in [0.25, 0.3) is 0 Å². The maximum Gasteiger partial charge on any atom is 0.220 e. The van der Waals surface area contributed by atoms with Crippen LogP contribution in [0.25, 0.3) is 0 Å². The molecule has 19 nitrogen and oxygen atoms in total. The molecule has 0 spiro atoms. The number of hydrogen-bond acceptors (Lipinski definition) is 18. The second-order valence-corrected chi connectivity index (χ2v) is 27.8. The Morgan fingerprint density at radius 1 is 0.372 bits per heavy atom. The Morgan fingerprint density at radius 2 is 0.681 bits per heavy atom. The van der Waals surface area contributed by atoms with Gasteiger partial charge in [-0.25, -0.2) is 0 Å². The van der Waals surface area contributed by atoms with E-state index in [1.807, 2.05) is 6.08 Å². The van der Waals surface area contributed by atoms with E-state index in [4.69, 9.17) is 28.4 Å². The molecule has 0 aromatic carbocycles. The lowest BCUT2D eigenvalue weighted by atomic mass is 9.96. The van der Waals surface area contributed by atoms with E-state index >= 15 is 0 Å². The number of aliphatic hydroxyl groups excluding tert-OH is 11. The van der Waals surface area contributed by atoms with Crippen LogP contribution in [0.1, 0.15) is 316 Å². The van der Waals surface area contributed by atoms with Crippen molar-refractivity contribution in [1.82, 2.24) is 5.32 Å². The molecule has 3 saturated heterocycles. The standard InChI is InChI=1S/C75H141NO18/c1-3-5-7-9-11-13-15-17-19-21-22-23-24-25-26-27-28-29-30-31-32-33-34-35-36-37-39-41-43-45-47-49-51-53-63(81)76-58(59(80)52-50-48-46-44-42-40-38-20-18-16-14-12-10-8-6-4-2)57-89-73-69(87)66(84)71(61(55-78)91-73)94-75-70(88)67(85)72(62(56-79)92-75)93-74-68(86)65(83)64(82)60(54-77)90-74/h42,44,50,52,58-62,64-75,77-80,82-88H,3-41,43,45-49,51,53-57H2,1-2H3,(H,76,81)/b44-42+,52-50+. The zero-order valence-electron chi connectivity index (χ0n) is 59.0. The summed E-state index contributed by atoms with van der Waals surface area (Å²) in [5.41, 5.74) is 0. The molecule has 1 amide bonds. The highest BCUT2D eigenvalue weighted by molar-refractivity contribution is 5.76. The molecule has 19 heteroatoms. The number of carbonyl (C=O) groups is 1. The van der Waals surface area contributed by atoms with E-state index in [9.17, 15) is 61.0 Å². The number of rotatable bonds is 61. The molecule has 0 aromatic heterocycles. The molecule has 0 bridgehead atoms. The summed E-state index contributed by atoms with van der Waals surface area (Å²) in [4.78, 5) is 13.4. The fourth-order valence-corrected chi connectivity index (χ4v) is 13.3. The second kappa shape index (κ2) is 57.0. The van der Waals surface area contributed by atoms with Crippen molar-refractivity contribution >= 4 is 5.91 Å². The van der Waals surface area contributed by atoms with Gasteiger partial charge in [-0.05, 0) is 32.1 Å². The van der Waals surface area contributed by atoms with Crippen molar-refractivity contribution in [2.45, 2.75) is 420 Å². The Balaban J connectivity index is 1.35. The third-order valence-electron chi connectivity index (χ3n) is 19.5. The number of hydrogen-bond donors (Lipinski definition) is 12. The molecular formula is C75H141NO18. The lowest BCUT2D eigenvalue weighted by molar-refractivity contribution is -0.379. The molecule has 0 aromatic rings. The molecule has 0 radical (unpaired) electrons. The van der Waals surface area contributed by atoms with Crippen LogP contribution in [0.5, 0.6) is 0 Å². The van der Waals surface area contributed by atoms with Crippen LogP contribution in [0.15, 0.2) is 24.3 Å². The van der Waals surface area contributed by atoms with E-state index < -0.39 is 124 Å². The van der Waals surface area contributed by atoms with Gasteiger partial charge in [-0.1, -0.05) is 301 Å². The van der Waals surface area contributed by atoms with Gasteiger partial charge >= 0.3 is 0 Å². The molecule has 17 unspecified atom stereocenters. The number of ether oxygens (including phenoxy) is 6. The highest BCUT2D eigenvalue weighted by Crippen LogP contribution is 2.33. The van der Waals surface area contributed by atoms with Crippen molar-refractivity contribution in [3.05, 3.63) is 24.3 Å². The zero-order valence-corrected chi connectivity index (χ0v) is 59.0. The van der Waals surface area contributed by atoms with Crippen molar-refractivity contribution in [3.63, 3.8) is 0 Å². The number of aliphatic hydroxyl groups is 11. The fraction of sp³-hybridized carbons (Fsp3) is 0.933. The summed E-state index contributed by atoms with van der Waals surface area (Å²) in [7, 11) is 0. The normalized spacial score (nSPS) is 27.4. The first-order valence-corrected chi connectivity index (χ1v) is 38.6. The van der Waals surface area contributed by atoms with E-state index in [2.05, 4.69) is 31.3 Å². The highest BCUT2D eigenvalue weighted by Gasteiger charge is 2.53. The Morgan fingerprint density at radius 3 is 1.06 bits per heavy atom. The van der Waals surface area contributed by atoms with Crippen LogP contribution in [0.4, 0.5) is 0 Å². The predicted octanol–water partition coefficient (Wildman–Crippen LogP) is 11.8. The third kappa shape index (κ3) is 37.6. The molecule has 12 N–H and O–H groups in total. The van der Waals surface area contributed by atoms with Gasteiger partial charge in [0, 0.05) is 6.42 Å². The van der Waals surface area contributed by atoms with Crippen LogP contribution in [-0.4, -0.2) is 193 Å². The van der Waals surface area contributed by atoms with Gasteiger partial charge in [-0.15, -0.1) is 0 Å². The van der Waals surface area contributed by atoms with E-state index in [0.717, 1.165) is 38.5 Å². The summed E-state index contributed by atoms with van der Waals surface area (Å²) < 4.78 is 34.4. The summed E-state index contributed by atoms with van der Waals surface area (Å²) in [6, 6.07) is -0.987. The van der Waals surface area contributed by atoms with Crippen LogP contribution in [0.3, 0.4) is 0 Å². The minimum atomic E-state index is -1.98. The molecule has 17 atom stereocenters. The second-order valence-electron chi connectivity index (χ2n) is 27.8. The predicted molar refractivity (Wildman–Crippen MR) is 370 cm³/mol. The first kappa shape index (κ1) is 86.5. The van der Waals surface area contributed by atoms with Gasteiger partial charge in [0.05, 0.1) is 38.6 Å². The summed E-state index contributed by atoms with van der Waals surface area (Å²) in [6.07, 6.45) is 40.5. The molecule has 94 heavy (non-hydrogen) atoms. The van der Waals surface area contributed by atoms with Crippen molar-refractivity contribution < 1.29 is 89.4 Å². The Kier molecular flexibility index (Phi) is 52.4. The van der Waals surface area contributed by atoms with E-state index in [-0.39, 0.29) is 18.9 Å². The van der Waals surface area contributed by atoms with Crippen LogP contribution in [0, 0.1) is 0 Å². The minimum absolute atomic E-state index is 0.241. The molecule has 3 rings (SSSR count). The van der Waals surface area contributed by atoms with Gasteiger partial charge in [0.2, 0.25) is 5.91 Å². The molecular weight excluding hydrogens is 1200 g/mol. The fourth-order valence-electron chi connectivity index (χ4n) is 13.3. The van der Waals surface area contributed by atoms with E-state index in [1.54, 1.807) is 6.08 Å². The minimum Gasteiger partial charge on any atom is -0.394 e. The average molecular weight is 1340 g/mol. The van der Waals surface area contributed by atoms with E-state index in [0.29, 0.717) is 12.8 Å². The van der Waals surface area contributed by atoms with Gasteiger partial charge in [0.1, 0.15) is 73.2 Å². The molecule has 3 fully saturated rings. The zero-order chi connectivity index (χ0) is 68.2. The quantitative estimate of drug-likeness (QED) is 0.0199. The van der Waals surface area contributed by atoms with Crippen molar-refractivity contribution in [2.24, 2.45) is 0 Å². The monoisotopic (exact) mass is 1340 g/mol. The summed E-state index contributed by atoms with van der Waals surface area (Å²) in [5, 5.41) is 121. The smallest absolute Gasteiger partial charge is 0.220 e. The summed E-state index contributed by atoms with van der Waals surface area (Å²) >= 11 is 0. The Bertz CT molecular complexity index is 1800. The first-order valence-electron chi connectivity index (χ1n) is 38.6. The van der Waals surface area contributed by atoms with Crippen LogP contribution < -0.4 is 5.32 Å². The topological polar surface area (TPSA) is 307 Å². The van der Waals surface area contributed by atoms with Crippen LogP contribution in [0.2, 0.25) is 0 Å². The van der Waals surface area contributed by atoms with Crippen molar-refractivity contribution in [1.29, 1.82) is 0 Å². The maximum atomic E-state index is 13.4. The SMILES string of the molecule is CCCCCCCCCCCC/C=C/CC/C=C/C(O)C(COC1OC(CO)C(OC2OC(CO)C(OC3OC(CO)C(O)C(O)C3O)C(O)C2O)C(O)C1O)NC(=O)CCCCCCCCCCCCCCCCCCCCCCCCCCCCCCCCCCC. The number of amides is 1. The molecule has 3 heterocycles. The van der Waals surface area contributed by atoms with E-state index in [1.165, 1.54) is 244 Å². The lowest BCUT2D eigenvalue weighted by Crippen LogP contribution is -2.66. The molecule has 3 aliphatic rings.